The van der Waals surface area contributed by atoms with E-state index in [0.717, 1.165) is 66.1 Å². The SMILES string of the molecule is CC(=O)N1CCC(CCn2c(Sc3ccc4c(c3)OCO4)nc3c(N)ncnc32)CC1. The lowest BCUT2D eigenvalue weighted by molar-refractivity contribution is -0.130. The number of likely N-dealkylation sites (tertiary alicyclic amines) is 1. The second kappa shape index (κ2) is 8.26. The normalized spacial score (nSPS) is 16.2. The molecule has 2 N–H and O–H groups in total. The number of rotatable bonds is 5. The van der Waals surface area contributed by atoms with E-state index in [0.29, 0.717) is 17.3 Å². The van der Waals surface area contributed by atoms with Crippen molar-refractivity contribution in [3.05, 3.63) is 24.5 Å². The Morgan fingerprint density at radius 2 is 2.03 bits per heavy atom. The first-order chi connectivity index (χ1) is 15.1. The van der Waals surface area contributed by atoms with E-state index < -0.39 is 0 Å². The largest absolute Gasteiger partial charge is 0.454 e. The fourth-order valence-corrected chi connectivity index (χ4v) is 5.05. The molecule has 4 heterocycles. The summed E-state index contributed by atoms with van der Waals surface area (Å²) in [5.41, 5.74) is 7.45. The summed E-state index contributed by atoms with van der Waals surface area (Å²) < 4.78 is 13.0. The number of aromatic nitrogens is 4. The van der Waals surface area contributed by atoms with Crippen LogP contribution in [0.2, 0.25) is 0 Å². The number of nitrogen functional groups attached to an aromatic ring is 1. The van der Waals surface area contributed by atoms with E-state index in [2.05, 4.69) is 14.5 Å². The molecule has 1 saturated heterocycles. The van der Waals surface area contributed by atoms with Crippen LogP contribution in [0.3, 0.4) is 0 Å². The molecule has 1 fully saturated rings. The Hall–Kier alpha value is -3.01. The third kappa shape index (κ3) is 3.99. The molecule has 3 aromatic rings. The Morgan fingerprint density at radius 3 is 2.84 bits per heavy atom. The van der Waals surface area contributed by atoms with Crippen LogP contribution in [-0.2, 0) is 11.3 Å². The number of nitrogens with zero attached hydrogens (tertiary/aromatic N) is 5. The van der Waals surface area contributed by atoms with Gasteiger partial charge in [-0.15, -0.1) is 0 Å². The van der Waals surface area contributed by atoms with Gasteiger partial charge >= 0.3 is 0 Å². The molecule has 1 aromatic carbocycles. The first-order valence-electron chi connectivity index (χ1n) is 10.4. The minimum atomic E-state index is 0.161. The molecule has 0 unspecified atom stereocenters. The first-order valence-corrected chi connectivity index (χ1v) is 11.2. The van der Waals surface area contributed by atoms with Crippen molar-refractivity contribution in [3.63, 3.8) is 0 Å². The Morgan fingerprint density at radius 1 is 1.23 bits per heavy atom. The van der Waals surface area contributed by atoms with Crippen LogP contribution in [0.25, 0.3) is 11.2 Å². The lowest BCUT2D eigenvalue weighted by atomic mass is 9.93. The maximum Gasteiger partial charge on any atom is 0.231 e. The Labute approximate surface area is 183 Å². The number of carbonyl (C=O) groups is 1. The molecule has 9 nitrogen and oxygen atoms in total. The van der Waals surface area contributed by atoms with Gasteiger partial charge in [0.1, 0.15) is 6.33 Å². The lowest BCUT2D eigenvalue weighted by Gasteiger charge is -2.31. The van der Waals surface area contributed by atoms with Gasteiger partial charge in [0, 0.05) is 31.5 Å². The highest BCUT2D eigenvalue weighted by atomic mass is 32.2. The molecule has 2 aliphatic heterocycles. The number of fused-ring (bicyclic) bond motifs is 2. The first kappa shape index (κ1) is 19.9. The van der Waals surface area contributed by atoms with Crippen molar-refractivity contribution >= 4 is 34.7 Å². The van der Waals surface area contributed by atoms with Crippen molar-refractivity contribution in [3.8, 4) is 11.5 Å². The maximum atomic E-state index is 11.6. The second-order valence-corrected chi connectivity index (χ2v) is 8.87. The molecule has 0 spiro atoms. The summed E-state index contributed by atoms with van der Waals surface area (Å²) in [6.45, 7) is 4.33. The van der Waals surface area contributed by atoms with Crippen LogP contribution in [0.15, 0.2) is 34.6 Å². The molecular weight excluding hydrogens is 416 g/mol. The van der Waals surface area contributed by atoms with Crippen LogP contribution in [0.1, 0.15) is 26.2 Å². The maximum absolute atomic E-state index is 11.6. The van der Waals surface area contributed by atoms with Crippen LogP contribution >= 0.6 is 11.8 Å². The molecule has 10 heteroatoms. The molecule has 0 atom stereocenters. The Balaban J connectivity index is 1.38. The van der Waals surface area contributed by atoms with E-state index in [1.165, 1.54) is 6.33 Å². The number of anilines is 1. The number of amides is 1. The topological polar surface area (TPSA) is 108 Å². The zero-order valence-electron chi connectivity index (χ0n) is 17.3. The molecule has 0 radical (unpaired) electrons. The van der Waals surface area contributed by atoms with E-state index in [4.69, 9.17) is 20.2 Å². The molecule has 0 aliphatic carbocycles. The van der Waals surface area contributed by atoms with Gasteiger partial charge < -0.3 is 24.7 Å². The lowest BCUT2D eigenvalue weighted by Crippen LogP contribution is -2.37. The molecule has 0 bridgehead atoms. The highest BCUT2D eigenvalue weighted by Crippen LogP contribution is 2.38. The van der Waals surface area contributed by atoms with Gasteiger partial charge in [-0.1, -0.05) is 11.8 Å². The van der Waals surface area contributed by atoms with Gasteiger partial charge in [0.25, 0.3) is 0 Å². The summed E-state index contributed by atoms with van der Waals surface area (Å²) in [5.74, 6) is 2.60. The predicted molar refractivity (Wildman–Crippen MR) is 116 cm³/mol. The average Bonchev–Trinajstić information content (AvgIpc) is 3.37. The number of ether oxygens (including phenoxy) is 2. The van der Waals surface area contributed by atoms with Crippen LogP contribution < -0.4 is 15.2 Å². The van der Waals surface area contributed by atoms with Crippen molar-refractivity contribution < 1.29 is 14.3 Å². The number of benzene rings is 1. The van der Waals surface area contributed by atoms with Crippen molar-refractivity contribution in [1.29, 1.82) is 0 Å². The third-order valence-corrected chi connectivity index (χ3v) is 6.88. The third-order valence-electron chi connectivity index (χ3n) is 5.90. The number of carbonyl (C=O) groups excluding carboxylic acids is 1. The summed E-state index contributed by atoms with van der Waals surface area (Å²) in [5, 5.41) is 0.822. The number of hydrogen-bond acceptors (Lipinski definition) is 8. The fraction of sp³-hybridized carbons (Fsp3) is 0.429. The average molecular weight is 441 g/mol. The number of aryl methyl sites for hydroxylation is 1. The van der Waals surface area contributed by atoms with Crippen molar-refractivity contribution in [1.82, 2.24) is 24.4 Å². The molecular formula is C21H24N6O3S. The summed E-state index contributed by atoms with van der Waals surface area (Å²) in [7, 11) is 0. The van der Waals surface area contributed by atoms with Crippen LogP contribution in [0.4, 0.5) is 5.82 Å². The standard InChI is InChI=1S/C21H24N6O3S/c1-13(28)26-7-4-14(5-8-26)6-9-27-20-18(19(22)23-11-24-20)25-21(27)31-15-2-3-16-17(10-15)30-12-29-16/h2-3,10-11,14H,4-9,12H2,1H3,(H2,22,23,24). The van der Waals surface area contributed by atoms with Gasteiger partial charge in [-0.05, 0) is 43.4 Å². The van der Waals surface area contributed by atoms with Gasteiger partial charge in [0.15, 0.2) is 33.6 Å². The van der Waals surface area contributed by atoms with Crippen molar-refractivity contribution in [2.45, 2.75) is 42.8 Å². The van der Waals surface area contributed by atoms with Crippen LogP contribution in [0.5, 0.6) is 11.5 Å². The molecule has 1 amide bonds. The monoisotopic (exact) mass is 440 g/mol. The van der Waals surface area contributed by atoms with Crippen molar-refractivity contribution in [2.24, 2.45) is 5.92 Å². The number of piperidine rings is 1. The molecule has 162 valence electrons. The minimum Gasteiger partial charge on any atom is -0.454 e. The summed E-state index contributed by atoms with van der Waals surface area (Å²) in [6.07, 6.45) is 4.52. The van der Waals surface area contributed by atoms with Gasteiger partial charge in [-0.2, -0.15) is 0 Å². The quantitative estimate of drug-likeness (QED) is 0.645. The molecule has 31 heavy (non-hydrogen) atoms. The highest BCUT2D eigenvalue weighted by molar-refractivity contribution is 7.99. The Bertz CT molecular complexity index is 1130. The van der Waals surface area contributed by atoms with E-state index in [1.54, 1.807) is 18.7 Å². The second-order valence-electron chi connectivity index (χ2n) is 7.83. The van der Waals surface area contributed by atoms with Crippen molar-refractivity contribution in [2.75, 3.05) is 25.6 Å². The van der Waals surface area contributed by atoms with Crippen LogP contribution in [-0.4, -0.2) is 50.2 Å². The van der Waals surface area contributed by atoms with E-state index in [-0.39, 0.29) is 12.7 Å². The smallest absolute Gasteiger partial charge is 0.231 e. The molecule has 2 aliphatic rings. The van der Waals surface area contributed by atoms with Gasteiger partial charge in [-0.3, -0.25) is 4.79 Å². The van der Waals surface area contributed by atoms with Gasteiger partial charge in [0.2, 0.25) is 12.7 Å². The molecule has 0 saturated carbocycles. The van der Waals surface area contributed by atoms with E-state index >= 15 is 0 Å². The number of hydrogen-bond donors (Lipinski definition) is 1. The summed E-state index contributed by atoms with van der Waals surface area (Å²) in [4.78, 5) is 27.8. The fourth-order valence-electron chi connectivity index (χ4n) is 4.11. The minimum absolute atomic E-state index is 0.161. The number of imidazole rings is 1. The number of nitrogens with two attached hydrogens (primary N) is 1. The highest BCUT2D eigenvalue weighted by Gasteiger charge is 2.23. The zero-order valence-corrected chi connectivity index (χ0v) is 18.1. The van der Waals surface area contributed by atoms with E-state index in [1.807, 2.05) is 23.1 Å². The molecule has 2 aromatic heterocycles. The molecule has 5 rings (SSSR count). The van der Waals surface area contributed by atoms with Gasteiger partial charge in [-0.25, -0.2) is 15.0 Å². The van der Waals surface area contributed by atoms with Crippen LogP contribution in [0, 0.1) is 5.92 Å². The zero-order chi connectivity index (χ0) is 21.4. The summed E-state index contributed by atoms with van der Waals surface area (Å²) in [6, 6.07) is 5.87. The summed E-state index contributed by atoms with van der Waals surface area (Å²) >= 11 is 1.55. The van der Waals surface area contributed by atoms with E-state index in [9.17, 15) is 4.79 Å². The van der Waals surface area contributed by atoms with Gasteiger partial charge in [0.05, 0.1) is 0 Å². The predicted octanol–water partition coefficient (Wildman–Crippen LogP) is 2.94. The Kier molecular flexibility index (Phi) is 5.31.